The van der Waals surface area contributed by atoms with Gasteiger partial charge in [-0.25, -0.2) is 4.39 Å². The lowest BCUT2D eigenvalue weighted by atomic mass is 9.93. The number of carbonyl (C=O) groups is 1. The molecule has 1 aromatic carbocycles. The Morgan fingerprint density at radius 3 is 3.13 bits per heavy atom. The van der Waals surface area contributed by atoms with Gasteiger partial charge in [-0.15, -0.1) is 0 Å². The Kier molecular flexibility index (Phi) is 6.80. The van der Waals surface area contributed by atoms with Crippen LogP contribution in [0.15, 0.2) is 24.3 Å². The van der Waals surface area contributed by atoms with Gasteiger partial charge in [-0.2, -0.15) is 0 Å². The number of likely N-dealkylation sites (tertiary alicyclic amines) is 1. The number of ether oxygens (including phenoxy) is 1. The van der Waals surface area contributed by atoms with Crippen molar-refractivity contribution >= 4 is 5.91 Å². The molecule has 2 atom stereocenters. The molecule has 2 unspecified atom stereocenters. The molecule has 1 saturated heterocycles. The highest BCUT2D eigenvalue weighted by Crippen LogP contribution is 2.19. The van der Waals surface area contributed by atoms with Gasteiger partial charge < -0.3 is 15.2 Å². The van der Waals surface area contributed by atoms with Gasteiger partial charge in [-0.3, -0.25) is 9.69 Å². The summed E-state index contributed by atoms with van der Waals surface area (Å²) in [6.07, 6.45) is 1.68. The van der Waals surface area contributed by atoms with E-state index in [4.69, 9.17) is 4.74 Å². The van der Waals surface area contributed by atoms with Crippen LogP contribution < -0.4 is 10.1 Å². The first-order valence-electron chi connectivity index (χ1n) is 8.10. The van der Waals surface area contributed by atoms with Gasteiger partial charge in [0.25, 0.3) is 0 Å². The molecule has 2 N–H and O–H groups in total. The Hall–Kier alpha value is -1.66. The summed E-state index contributed by atoms with van der Waals surface area (Å²) in [6, 6.07) is 5.92. The molecule has 1 aliphatic rings. The van der Waals surface area contributed by atoms with E-state index in [-0.39, 0.29) is 23.7 Å². The first-order chi connectivity index (χ1) is 11.0. The molecule has 128 valence electrons. The van der Waals surface area contributed by atoms with E-state index in [0.717, 1.165) is 25.9 Å². The van der Waals surface area contributed by atoms with Gasteiger partial charge >= 0.3 is 0 Å². The molecular weight excluding hydrogens is 299 g/mol. The summed E-state index contributed by atoms with van der Waals surface area (Å²) in [5.41, 5.74) is 0. The molecule has 1 aliphatic heterocycles. The van der Waals surface area contributed by atoms with Crippen LogP contribution in [-0.2, 0) is 4.79 Å². The third-order valence-corrected chi connectivity index (χ3v) is 4.08. The number of nitrogens with zero attached hydrogens (tertiary/aromatic N) is 1. The SMILES string of the molecule is CC(O)C1CCCN(CC(=O)NCCOc2cccc(F)c2)C1. The fourth-order valence-corrected chi connectivity index (χ4v) is 2.80. The number of benzene rings is 1. The molecular formula is C17H25FN2O3. The van der Waals surface area contributed by atoms with Gasteiger partial charge in [0.05, 0.1) is 19.2 Å². The number of aliphatic hydroxyl groups is 1. The van der Waals surface area contributed by atoms with E-state index < -0.39 is 0 Å². The topological polar surface area (TPSA) is 61.8 Å². The van der Waals surface area contributed by atoms with Crippen molar-refractivity contribution in [3.8, 4) is 5.75 Å². The van der Waals surface area contributed by atoms with E-state index in [2.05, 4.69) is 10.2 Å². The van der Waals surface area contributed by atoms with E-state index >= 15 is 0 Å². The number of aliphatic hydroxyl groups excluding tert-OH is 1. The standard InChI is InChI=1S/C17H25FN2O3/c1-13(21)14-4-3-8-20(11-14)12-17(22)19-7-9-23-16-6-2-5-15(18)10-16/h2,5-6,10,13-14,21H,3-4,7-9,11-12H2,1H3,(H,19,22). The van der Waals surface area contributed by atoms with Gasteiger partial charge in [-0.05, 0) is 44.4 Å². The number of rotatable bonds is 7. The monoisotopic (exact) mass is 324 g/mol. The Morgan fingerprint density at radius 2 is 2.39 bits per heavy atom. The van der Waals surface area contributed by atoms with Crippen molar-refractivity contribution in [3.63, 3.8) is 0 Å². The maximum absolute atomic E-state index is 13.0. The first kappa shape index (κ1) is 17.7. The van der Waals surface area contributed by atoms with Crippen molar-refractivity contribution in [2.75, 3.05) is 32.8 Å². The van der Waals surface area contributed by atoms with Crippen LogP contribution >= 0.6 is 0 Å². The molecule has 0 aliphatic carbocycles. The van der Waals surface area contributed by atoms with Crippen LogP contribution in [0.4, 0.5) is 4.39 Å². The lowest BCUT2D eigenvalue weighted by Gasteiger charge is -2.33. The molecule has 0 bridgehead atoms. The maximum Gasteiger partial charge on any atom is 0.234 e. The molecule has 0 spiro atoms. The molecule has 1 amide bonds. The highest BCUT2D eigenvalue weighted by molar-refractivity contribution is 5.78. The number of nitrogens with one attached hydrogen (secondary N) is 1. The number of hydrogen-bond acceptors (Lipinski definition) is 4. The Morgan fingerprint density at radius 1 is 1.57 bits per heavy atom. The van der Waals surface area contributed by atoms with Gasteiger partial charge in [-0.1, -0.05) is 6.07 Å². The normalized spacial score (nSPS) is 20.0. The Balaban J connectivity index is 1.63. The zero-order valence-electron chi connectivity index (χ0n) is 13.5. The minimum absolute atomic E-state index is 0.0564. The van der Waals surface area contributed by atoms with Crippen LogP contribution in [0.2, 0.25) is 0 Å². The summed E-state index contributed by atoms with van der Waals surface area (Å²) < 4.78 is 18.4. The van der Waals surface area contributed by atoms with Gasteiger partial charge in [0.2, 0.25) is 5.91 Å². The summed E-state index contributed by atoms with van der Waals surface area (Å²) >= 11 is 0. The molecule has 1 fully saturated rings. The minimum Gasteiger partial charge on any atom is -0.492 e. The largest absolute Gasteiger partial charge is 0.492 e. The highest BCUT2D eigenvalue weighted by atomic mass is 19.1. The van der Waals surface area contributed by atoms with Crippen LogP contribution in [0, 0.1) is 11.7 Å². The van der Waals surface area contributed by atoms with Crippen molar-refractivity contribution in [2.24, 2.45) is 5.92 Å². The molecule has 2 rings (SSSR count). The summed E-state index contributed by atoms with van der Waals surface area (Å²) in [5.74, 6) is 0.298. The zero-order valence-corrected chi connectivity index (χ0v) is 13.5. The van der Waals surface area contributed by atoms with E-state index in [0.29, 0.717) is 25.4 Å². The lowest BCUT2D eigenvalue weighted by molar-refractivity contribution is -0.123. The molecule has 0 aromatic heterocycles. The van der Waals surface area contributed by atoms with Crippen LogP contribution in [0.5, 0.6) is 5.75 Å². The van der Waals surface area contributed by atoms with E-state index in [1.165, 1.54) is 12.1 Å². The van der Waals surface area contributed by atoms with Crippen molar-refractivity contribution < 1.29 is 19.0 Å². The Bertz CT molecular complexity index is 510. The molecule has 1 aromatic rings. The van der Waals surface area contributed by atoms with Crippen LogP contribution in [0.25, 0.3) is 0 Å². The molecule has 1 heterocycles. The molecule has 6 heteroatoms. The number of amides is 1. The first-order valence-corrected chi connectivity index (χ1v) is 8.10. The lowest BCUT2D eigenvalue weighted by Crippen LogP contribution is -2.45. The van der Waals surface area contributed by atoms with E-state index in [1.54, 1.807) is 19.1 Å². The molecule has 0 radical (unpaired) electrons. The summed E-state index contributed by atoms with van der Waals surface area (Å²) in [5, 5.41) is 12.5. The van der Waals surface area contributed by atoms with Gasteiger partial charge in [0, 0.05) is 12.6 Å². The predicted molar refractivity (Wildman–Crippen MR) is 85.7 cm³/mol. The van der Waals surface area contributed by atoms with Gasteiger partial charge in [0.15, 0.2) is 0 Å². The average Bonchev–Trinajstić information content (AvgIpc) is 2.52. The Labute approximate surface area is 136 Å². The number of piperidine rings is 1. The quantitative estimate of drug-likeness (QED) is 0.745. The third kappa shape index (κ3) is 6.15. The fourth-order valence-electron chi connectivity index (χ4n) is 2.80. The van der Waals surface area contributed by atoms with Gasteiger partial charge in [0.1, 0.15) is 18.2 Å². The van der Waals surface area contributed by atoms with Crippen molar-refractivity contribution in [1.82, 2.24) is 10.2 Å². The summed E-state index contributed by atoms with van der Waals surface area (Å²) in [4.78, 5) is 14.0. The second-order valence-corrected chi connectivity index (χ2v) is 6.03. The second kappa shape index (κ2) is 8.84. The maximum atomic E-state index is 13.0. The van der Waals surface area contributed by atoms with E-state index in [1.807, 2.05) is 0 Å². The summed E-state index contributed by atoms with van der Waals surface area (Å²) in [6.45, 7) is 4.46. The smallest absolute Gasteiger partial charge is 0.234 e. The van der Waals surface area contributed by atoms with Crippen LogP contribution in [0.3, 0.4) is 0 Å². The minimum atomic E-state index is -0.343. The second-order valence-electron chi connectivity index (χ2n) is 6.03. The van der Waals surface area contributed by atoms with E-state index in [9.17, 15) is 14.3 Å². The zero-order chi connectivity index (χ0) is 16.7. The number of carbonyl (C=O) groups excluding carboxylic acids is 1. The van der Waals surface area contributed by atoms with Crippen LogP contribution in [-0.4, -0.2) is 54.8 Å². The third-order valence-electron chi connectivity index (χ3n) is 4.08. The van der Waals surface area contributed by atoms with Crippen molar-refractivity contribution in [2.45, 2.75) is 25.9 Å². The average molecular weight is 324 g/mol. The molecule has 5 nitrogen and oxygen atoms in total. The predicted octanol–water partition coefficient (Wildman–Crippen LogP) is 1.41. The fraction of sp³-hybridized carbons (Fsp3) is 0.588. The number of halogens is 1. The van der Waals surface area contributed by atoms with Crippen molar-refractivity contribution in [3.05, 3.63) is 30.1 Å². The molecule has 0 saturated carbocycles. The van der Waals surface area contributed by atoms with Crippen LogP contribution in [0.1, 0.15) is 19.8 Å². The summed E-state index contributed by atoms with van der Waals surface area (Å²) in [7, 11) is 0. The number of hydrogen-bond donors (Lipinski definition) is 2. The molecule has 23 heavy (non-hydrogen) atoms. The van der Waals surface area contributed by atoms with Crippen molar-refractivity contribution in [1.29, 1.82) is 0 Å². The highest BCUT2D eigenvalue weighted by Gasteiger charge is 2.24.